The van der Waals surface area contributed by atoms with Crippen LogP contribution in [0.1, 0.15) is 26.7 Å². The van der Waals surface area contributed by atoms with Crippen LogP contribution < -0.4 is 0 Å². The minimum atomic E-state index is -0.731. The molecule has 0 aromatic heterocycles. The smallest absolute Gasteiger partial charge is 0.333 e. The third-order valence-corrected chi connectivity index (χ3v) is 2.10. The van der Waals surface area contributed by atoms with Gasteiger partial charge in [0.25, 0.3) is 0 Å². The molecule has 4 nitrogen and oxygen atoms in total. The van der Waals surface area contributed by atoms with E-state index in [1.807, 2.05) is 0 Å². The fourth-order valence-electron chi connectivity index (χ4n) is 1.22. The molecule has 0 aliphatic carbocycles. The number of hydrogen-bond acceptors (Lipinski definition) is 4. The summed E-state index contributed by atoms with van der Waals surface area (Å²) in [6.45, 7) is 7.09. The van der Waals surface area contributed by atoms with Crippen molar-refractivity contribution >= 4 is 11.9 Å². The Hall–Kier alpha value is -1.32. The fourth-order valence-corrected chi connectivity index (χ4v) is 1.22. The molecule has 0 N–H and O–H groups in total. The SMILES string of the molecule is C=C(C)C(=O)O[C@]1(C)CCOC(=O)C1. The first-order valence-electron chi connectivity index (χ1n) is 4.47. The van der Waals surface area contributed by atoms with Gasteiger partial charge in [-0.2, -0.15) is 0 Å². The first kappa shape index (κ1) is 10.8. The first-order chi connectivity index (χ1) is 6.43. The molecule has 0 unspecified atom stereocenters. The highest BCUT2D eigenvalue weighted by Gasteiger charge is 2.36. The van der Waals surface area contributed by atoms with Gasteiger partial charge >= 0.3 is 11.9 Å². The lowest BCUT2D eigenvalue weighted by Crippen LogP contribution is -2.40. The summed E-state index contributed by atoms with van der Waals surface area (Å²) >= 11 is 0. The van der Waals surface area contributed by atoms with Crippen molar-refractivity contribution in [3.63, 3.8) is 0 Å². The highest BCUT2D eigenvalue weighted by Crippen LogP contribution is 2.25. The molecule has 78 valence electrons. The molecular weight excluding hydrogens is 184 g/mol. The summed E-state index contributed by atoms with van der Waals surface area (Å²) in [5.74, 6) is -0.782. The zero-order chi connectivity index (χ0) is 10.8. The van der Waals surface area contributed by atoms with Gasteiger partial charge in [-0.05, 0) is 13.8 Å². The number of ether oxygens (including phenoxy) is 2. The Bertz CT molecular complexity index is 282. The normalized spacial score (nSPS) is 26.6. The Balaban J connectivity index is 2.61. The molecule has 0 aromatic carbocycles. The Morgan fingerprint density at radius 2 is 2.29 bits per heavy atom. The molecular formula is C10H14O4. The predicted molar refractivity (Wildman–Crippen MR) is 49.5 cm³/mol. The van der Waals surface area contributed by atoms with Crippen molar-refractivity contribution in [3.05, 3.63) is 12.2 Å². The molecule has 0 aromatic rings. The van der Waals surface area contributed by atoms with Crippen molar-refractivity contribution < 1.29 is 19.1 Å². The molecule has 1 atom stereocenters. The standard InChI is InChI=1S/C10H14O4/c1-7(2)9(12)14-10(3)4-5-13-8(11)6-10/h1,4-6H2,2-3H3/t10-/m1/s1. The Morgan fingerprint density at radius 3 is 2.79 bits per heavy atom. The Labute approximate surface area is 82.9 Å². The third kappa shape index (κ3) is 2.58. The van der Waals surface area contributed by atoms with E-state index in [2.05, 4.69) is 6.58 Å². The molecule has 4 heteroatoms. The minimum Gasteiger partial charge on any atom is -0.465 e. The van der Waals surface area contributed by atoms with Gasteiger partial charge in [0.1, 0.15) is 5.60 Å². The minimum absolute atomic E-state index is 0.117. The molecule has 1 fully saturated rings. The van der Waals surface area contributed by atoms with Crippen molar-refractivity contribution in [2.24, 2.45) is 0 Å². The van der Waals surface area contributed by atoms with E-state index in [1.54, 1.807) is 13.8 Å². The highest BCUT2D eigenvalue weighted by atomic mass is 16.6. The van der Waals surface area contributed by atoms with Crippen LogP contribution in [0.25, 0.3) is 0 Å². The van der Waals surface area contributed by atoms with E-state index < -0.39 is 11.6 Å². The van der Waals surface area contributed by atoms with Crippen LogP contribution in [-0.4, -0.2) is 24.1 Å². The lowest BCUT2D eigenvalue weighted by Gasteiger charge is -2.32. The number of carbonyl (C=O) groups is 2. The van der Waals surface area contributed by atoms with E-state index in [1.165, 1.54) is 0 Å². The van der Waals surface area contributed by atoms with Crippen LogP contribution in [0, 0.1) is 0 Å². The zero-order valence-electron chi connectivity index (χ0n) is 8.46. The molecule has 1 rings (SSSR count). The summed E-state index contributed by atoms with van der Waals surface area (Å²) < 4.78 is 9.93. The second kappa shape index (κ2) is 3.82. The molecule has 1 aliphatic heterocycles. The van der Waals surface area contributed by atoms with Crippen LogP contribution in [0.2, 0.25) is 0 Å². The average molecular weight is 198 g/mol. The quantitative estimate of drug-likeness (QED) is 0.494. The van der Waals surface area contributed by atoms with E-state index in [9.17, 15) is 9.59 Å². The lowest BCUT2D eigenvalue weighted by atomic mass is 9.96. The summed E-state index contributed by atoms with van der Waals surface area (Å²) in [6.07, 6.45) is 0.657. The van der Waals surface area contributed by atoms with Crippen LogP contribution in [-0.2, 0) is 19.1 Å². The van der Waals surface area contributed by atoms with E-state index in [4.69, 9.17) is 9.47 Å². The van der Waals surface area contributed by atoms with Crippen LogP contribution in [0.3, 0.4) is 0 Å². The summed E-state index contributed by atoms with van der Waals surface area (Å²) in [6, 6.07) is 0. The number of hydrogen-bond donors (Lipinski definition) is 0. The van der Waals surface area contributed by atoms with Gasteiger partial charge in [0.05, 0.1) is 13.0 Å². The second-order valence-electron chi connectivity index (χ2n) is 3.77. The third-order valence-electron chi connectivity index (χ3n) is 2.10. The predicted octanol–water partition coefficient (Wildman–Crippen LogP) is 1.20. The molecule has 0 amide bonds. The monoisotopic (exact) mass is 198 g/mol. The molecule has 1 heterocycles. The molecule has 0 bridgehead atoms. The van der Waals surface area contributed by atoms with Crippen LogP contribution in [0.15, 0.2) is 12.2 Å². The van der Waals surface area contributed by atoms with Crippen molar-refractivity contribution in [2.45, 2.75) is 32.3 Å². The van der Waals surface area contributed by atoms with Crippen LogP contribution in [0.4, 0.5) is 0 Å². The first-order valence-corrected chi connectivity index (χ1v) is 4.47. The number of carbonyl (C=O) groups excluding carboxylic acids is 2. The van der Waals surface area contributed by atoms with E-state index in [0.717, 1.165) is 0 Å². The number of cyclic esters (lactones) is 1. The van der Waals surface area contributed by atoms with Gasteiger partial charge in [-0.1, -0.05) is 6.58 Å². The van der Waals surface area contributed by atoms with Crippen molar-refractivity contribution in [1.82, 2.24) is 0 Å². The zero-order valence-corrected chi connectivity index (χ0v) is 8.46. The van der Waals surface area contributed by atoms with Gasteiger partial charge in [0, 0.05) is 12.0 Å². The van der Waals surface area contributed by atoms with E-state index in [-0.39, 0.29) is 12.4 Å². The molecule has 0 saturated carbocycles. The van der Waals surface area contributed by atoms with Gasteiger partial charge in [-0.3, -0.25) is 4.79 Å². The topological polar surface area (TPSA) is 52.6 Å². The number of rotatable bonds is 2. The van der Waals surface area contributed by atoms with Crippen molar-refractivity contribution in [3.8, 4) is 0 Å². The number of esters is 2. The van der Waals surface area contributed by atoms with Crippen LogP contribution >= 0.6 is 0 Å². The Morgan fingerprint density at radius 1 is 1.64 bits per heavy atom. The molecule has 14 heavy (non-hydrogen) atoms. The van der Waals surface area contributed by atoms with Gasteiger partial charge in [0.2, 0.25) is 0 Å². The van der Waals surface area contributed by atoms with Crippen molar-refractivity contribution in [2.75, 3.05) is 6.61 Å². The average Bonchev–Trinajstić information content (AvgIpc) is 2.02. The highest BCUT2D eigenvalue weighted by molar-refractivity contribution is 5.87. The lowest BCUT2D eigenvalue weighted by molar-refractivity contribution is -0.172. The molecule has 0 spiro atoms. The maximum absolute atomic E-state index is 11.2. The fraction of sp³-hybridized carbons (Fsp3) is 0.600. The maximum atomic E-state index is 11.2. The largest absolute Gasteiger partial charge is 0.465 e. The van der Waals surface area contributed by atoms with Gasteiger partial charge in [0.15, 0.2) is 0 Å². The second-order valence-corrected chi connectivity index (χ2v) is 3.77. The van der Waals surface area contributed by atoms with E-state index in [0.29, 0.717) is 18.6 Å². The summed E-state index contributed by atoms with van der Waals surface area (Å²) in [4.78, 5) is 22.2. The maximum Gasteiger partial charge on any atom is 0.333 e. The van der Waals surface area contributed by atoms with Gasteiger partial charge in [-0.25, -0.2) is 4.79 Å². The molecule has 0 radical (unpaired) electrons. The van der Waals surface area contributed by atoms with Gasteiger partial charge in [-0.15, -0.1) is 0 Å². The van der Waals surface area contributed by atoms with Crippen LogP contribution in [0.5, 0.6) is 0 Å². The van der Waals surface area contributed by atoms with Gasteiger partial charge < -0.3 is 9.47 Å². The summed E-state index contributed by atoms with van der Waals surface area (Å²) in [5.41, 5.74) is -0.393. The molecule has 1 aliphatic rings. The summed E-state index contributed by atoms with van der Waals surface area (Å²) in [5, 5.41) is 0. The van der Waals surface area contributed by atoms with E-state index >= 15 is 0 Å². The summed E-state index contributed by atoms with van der Waals surface area (Å²) in [7, 11) is 0. The Kier molecular flexibility index (Phi) is 2.93. The molecule has 1 saturated heterocycles. The van der Waals surface area contributed by atoms with Crippen molar-refractivity contribution in [1.29, 1.82) is 0 Å².